The van der Waals surface area contributed by atoms with E-state index < -0.39 is 11.6 Å². The van der Waals surface area contributed by atoms with E-state index in [0.29, 0.717) is 0 Å². The first-order valence-corrected chi connectivity index (χ1v) is 4.67. The van der Waals surface area contributed by atoms with E-state index in [-0.39, 0.29) is 23.6 Å². The summed E-state index contributed by atoms with van der Waals surface area (Å²) in [6, 6.07) is 3.36. The van der Waals surface area contributed by atoms with Gasteiger partial charge in [0.1, 0.15) is 6.07 Å². The highest BCUT2D eigenvalue weighted by molar-refractivity contribution is 5.73. The van der Waals surface area contributed by atoms with Gasteiger partial charge in [0.25, 0.3) is 0 Å². The minimum Gasteiger partial charge on any atom is -0.345 e. The molecule has 1 amide bonds. The van der Waals surface area contributed by atoms with Crippen molar-refractivity contribution in [2.45, 2.75) is 6.92 Å². The Morgan fingerprint density at radius 2 is 1.94 bits per heavy atom. The van der Waals surface area contributed by atoms with Gasteiger partial charge < -0.3 is 5.32 Å². The predicted molar refractivity (Wildman–Crippen MR) is 56.6 cm³/mol. The Balaban J connectivity index is 2.94. The zero-order valence-electron chi connectivity index (χ0n) is 8.97. The summed E-state index contributed by atoms with van der Waals surface area (Å²) >= 11 is 0. The molecular formula is C12H8F2N2O. The van der Waals surface area contributed by atoms with Gasteiger partial charge in [-0.05, 0) is 12.1 Å². The average Bonchev–Trinajstić information content (AvgIpc) is 2.28. The van der Waals surface area contributed by atoms with Gasteiger partial charge in [0.05, 0.1) is 12.1 Å². The van der Waals surface area contributed by atoms with Crippen LogP contribution in [0.2, 0.25) is 0 Å². The number of carbonyl (C=O) groups is 1. The van der Waals surface area contributed by atoms with E-state index in [2.05, 4.69) is 17.2 Å². The molecule has 0 aliphatic rings. The predicted octanol–water partition coefficient (Wildman–Crippen LogP) is 1.32. The Bertz CT molecular complexity index is 550. The van der Waals surface area contributed by atoms with E-state index >= 15 is 0 Å². The van der Waals surface area contributed by atoms with Gasteiger partial charge in [-0.3, -0.25) is 4.79 Å². The van der Waals surface area contributed by atoms with Gasteiger partial charge in [0, 0.05) is 12.5 Å². The number of amides is 1. The standard InChI is InChI=1S/C12H8F2N2O/c1-8(17)16-4-2-3-9-5-11(13)12(14)6-10(9)7-15/h5-6H,4H2,1H3,(H,16,17). The molecule has 0 aliphatic carbocycles. The van der Waals surface area contributed by atoms with Gasteiger partial charge >= 0.3 is 0 Å². The quantitative estimate of drug-likeness (QED) is 0.745. The Morgan fingerprint density at radius 1 is 1.35 bits per heavy atom. The average molecular weight is 234 g/mol. The molecule has 0 unspecified atom stereocenters. The van der Waals surface area contributed by atoms with Crippen LogP contribution in [0.3, 0.4) is 0 Å². The van der Waals surface area contributed by atoms with Crippen molar-refractivity contribution in [3.8, 4) is 17.9 Å². The first kappa shape index (κ1) is 12.7. The summed E-state index contributed by atoms with van der Waals surface area (Å²) in [6.45, 7) is 1.42. The summed E-state index contributed by atoms with van der Waals surface area (Å²) in [6.07, 6.45) is 0. The van der Waals surface area contributed by atoms with Crippen LogP contribution in [-0.2, 0) is 4.79 Å². The second-order valence-corrected chi connectivity index (χ2v) is 3.14. The Labute approximate surface area is 97.1 Å². The zero-order chi connectivity index (χ0) is 12.8. The lowest BCUT2D eigenvalue weighted by atomic mass is 10.1. The van der Waals surface area contributed by atoms with E-state index in [9.17, 15) is 13.6 Å². The van der Waals surface area contributed by atoms with E-state index in [1.807, 2.05) is 0 Å². The Morgan fingerprint density at radius 3 is 2.47 bits per heavy atom. The van der Waals surface area contributed by atoms with Gasteiger partial charge in [-0.15, -0.1) is 0 Å². The normalized spacial score (nSPS) is 8.82. The highest BCUT2D eigenvalue weighted by Crippen LogP contribution is 2.13. The van der Waals surface area contributed by atoms with Crippen molar-refractivity contribution in [1.29, 1.82) is 5.26 Å². The van der Waals surface area contributed by atoms with E-state index in [1.165, 1.54) is 6.92 Å². The fourth-order valence-corrected chi connectivity index (χ4v) is 1.05. The molecule has 0 fully saturated rings. The molecule has 1 N–H and O–H groups in total. The topological polar surface area (TPSA) is 52.9 Å². The summed E-state index contributed by atoms with van der Waals surface area (Å²) in [4.78, 5) is 10.5. The molecule has 0 radical (unpaired) electrons. The Kier molecular flexibility index (Phi) is 4.19. The maximum absolute atomic E-state index is 12.9. The van der Waals surface area contributed by atoms with E-state index in [0.717, 1.165) is 12.1 Å². The highest BCUT2D eigenvalue weighted by Gasteiger charge is 2.07. The van der Waals surface area contributed by atoms with Crippen LogP contribution >= 0.6 is 0 Å². The smallest absolute Gasteiger partial charge is 0.217 e. The molecular weight excluding hydrogens is 226 g/mol. The van der Waals surface area contributed by atoms with Gasteiger partial charge in [-0.25, -0.2) is 8.78 Å². The van der Waals surface area contributed by atoms with Crippen molar-refractivity contribution in [3.63, 3.8) is 0 Å². The first-order valence-electron chi connectivity index (χ1n) is 4.67. The number of halogens is 2. The minimum atomic E-state index is -1.09. The largest absolute Gasteiger partial charge is 0.345 e. The SMILES string of the molecule is CC(=O)NCC#Cc1cc(F)c(F)cc1C#N. The van der Waals surface area contributed by atoms with Crippen molar-refractivity contribution < 1.29 is 13.6 Å². The molecule has 0 saturated heterocycles. The number of nitriles is 1. The minimum absolute atomic E-state index is 0.0424. The third-order valence-electron chi connectivity index (χ3n) is 1.83. The molecule has 1 aromatic carbocycles. The summed E-state index contributed by atoms with van der Waals surface area (Å²) < 4.78 is 25.7. The van der Waals surface area contributed by atoms with Crippen LogP contribution in [0.4, 0.5) is 8.78 Å². The molecule has 0 saturated carbocycles. The van der Waals surface area contributed by atoms with Crippen molar-refractivity contribution >= 4 is 5.91 Å². The third-order valence-corrected chi connectivity index (χ3v) is 1.83. The number of hydrogen-bond acceptors (Lipinski definition) is 2. The van der Waals surface area contributed by atoms with Crippen LogP contribution in [0.15, 0.2) is 12.1 Å². The van der Waals surface area contributed by atoms with Crippen molar-refractivity contribution in [1.82, 2.24) is 5.32 Å². The van der Waals surface area contributed by atoms with Crippen LogP contribution in [0.1, 0.15) is 18.1 Å². The zero-order valence-corrected chi connectivity index (χ0v) is 8.97. The summed E-state index contributed by atoms with van der Waals surface area (Å²) in [5, 5.41) is 11.1. The second-order valence-electron chi connectivity index (χ2n) is 3.14. The maximum Gasteiger partial charge on any atom is 0.217 e. The van der Waals surface area contributed by atoms with E-state index in [1.54, 1.807) is 6.07 Å². The molecule has 1 rings (SSSR count). The van der Waals surface area contributed by atoms with E-state index in [4.69, 9.17) is 5.26 Å². The van der Waals surface area contributed by atoms with Crippen LogP contribution < -0.4 is 5.32 Å². The number of hydrogen-bond donors (Lipinski definition) is 1. The lowest BCUT2D eigenvalue weighted by Crippen LogP contribution is -2.19. The van der Waals surface area contributed by atoms with Crippen molar-refractivity contribution in [3.05, 3.63) is 34.9 Å². The van der Waals surface area contributed by atoms with Crippen molar-refractivity contribution in [2.75, 3.05) is 6.54 Å². The number of rotatable bonds is 1. The lowest BCUT2D eigenvalue weighted by Gasteiger charge is -1.97. The monoisotopic (exact) mass is 234 g/mol. The molecule has 5 heteroatoms. The molecule has 0 bridgehead atoms. The first-order chi connectivity index (χ1) is 8.04. The molecule has 0 atom stereocenters. The fourth-order valence-electron chi connectivity index (χ4n) is 1.05. The summed E-state index contributed by atoms with van der Waals surface area (Å²) in [5.41, 5.74) is 0.0518. The maximum atomic E-state index is 12.9. The van der Waals surface area contributed by atoms with Crippen LogP contribution in [0, 0.1) is 34.8 Å². The number of carbonyl (C=O) groups excluding carboxylic acids is 1. The molecule has 1 aromatic rings. The highest BCUT2D eigenvalue weighted by atomic mass is 19.2. The van der Waals surface area contributed by atoms with Gasteiger partial charge in [0.2, 0.25) is 5.91 Å². The van der Waals surface area contributed by atoms with Crippen LogP contribution in [0.5, 0.6) is 0 Å². The summed E-state index contributed by atoms with van der Waals surface area (Å²) in [7, 11) is 0. The Hall–Kier alpha value is -2.40. The molecule has 0 aliphatic heterocycles. The van der Waals surface area contributed by atoms with Gasteiger partial charge in [-0.2, -0.15) is 5.26 Å². The molecule has 0 aromatic heterocycles. The third kappa shape index (κ3) is 3.58. The van der Waals surface area contributed by atoms with Gasteiger partial charge in [-0.1, -0.05) is 11.8 Å². The number of benzene rings is 1. The fraction of sp³-hybridized carbons (Fsp3) is 0.167. The number of nitrogens with one attached hydrogen (secondary N) is 1. The second kappa shape index (κ2) is 5.62. The molecule has 17 heavy (non-hydrogen) atoms. The molecule has 86 valence electrons. The lowest BCUT2D eigenvalue weighted by molar-refractivity contribution is -0.118. The van der Waals surface area contributed by atoms with Gasteiger partial charge in [0.15, 0.2) is 11.6 Å². The van der Waals surface area contributed by atoms with Crippen LogP contribution in [0.25, 0.3) is 0 Å². The number of nitrogens with zero attached hydrogens (tertiary/aromatic N) is 1. The van der Waals surface area contributed by atoms with Crippen LogP contribution in [-0.4, -0.2) is 12.5 Å². The van der Waals surface area contributed by atoms with Crippen molar-refractivity contribution in [2.24, 2.45) is 0 Å². The molecule has 3 nitrogen and oxygen atoms in total. The summed E-state index contributed by atoms with van der Waals surface area (Å²) in [5.74, 6) is 2.63. The molecule has 0 spiro atoms. The molecule has 0 heterocycles.